The van der Waals surface area contributed by atoms with E-state index in [-0.39, 0.29) is 34.9 Å². The molecule has 5 N–H and O–H groups in total. The van der Waals surface area contributed by atoms with Crippen molar-refractivity contribution < 1.29 is 27.6 Å². The Balaban J connectivity index is 1.86. The maximum absolute atomic E-state index is 14.8. The number of benzene rings is 2. The van der Waals surface area contributed by atoms with E-state index in [2.05, 4.69) is 16.8 Å². The van der Waals surface area contributed by atoms with Crippen LogP contribution in [0.5, 0.6) is 0 Å². The maximum atomic E-state index is 14.8. The summed E-state index contributed by atoms with van der Waals surface area (Å²) in [7, 11) is -2.00. The lowest BCUT2D eigenvalue weighted by Gasteiger charge is -2.16. The number of aromatic nitrogens is 1. The summed E-state index contributed by atoms with van der Waals surface area (Å²) >= 11 is 1.17. The van der Waals surface area contributed by atoms with Crippen LogP contribution in [0.4, 0.5) is 13.9 Å². The number of ether oxygens (including phenoxy) is 1. The summed E-state index contributed by atoms with van der Waals surface area (Å²) in [6.45, 7) is 4.89. The molecule has 1 fully saturated rings. The van der Waals surface area contributed by atoms with E-state index in [1.54, 1.807) is 18.4 Å². The largest absolute Gasteiger partial charge is 0.461 e. The molecule has 1 aliphatic rings. The molecule has 0 saturated heterocycles. The number of aliphatic imine (C=N–C) groups is 1. The van der Waals surface area contributed by atoms with Gasteiger partial charge in [-0.05, 0) is 87.4 Å². The number of nitrogens with zero attached hydrogens (tertiary/aromatic N) is 2. The van der Waals surface area contributed by atoms with Crippen molar-refractivity contribution in [1.82, 2.24) is 4.98 Å². The van der Waals surface area contributed by atoms with Crippen molar-refractivity contribution in [3.8, 4) is 11.8 Å². The third kappa shape index (κ3) is 8.87. The first-order valence-corrected chi connectivity index (χ1v) is 15.6. The highest BCUT2D eigenvalue weighted by Crippen LogP contribution is 2.36. The molecule has 4 rings (SSSR count). The molecule has 2 aromatic carbocycles. The molecule has 226 valence electrons. The minimum Gasteiger partial charge on any atom is -0.461 e. The third-order valence-corrected chi connectivity index (χ3v) is 7.93. The molecule has 1 aromatic heterocycles. The number of rotatable bonds is 10. The normalized spacial score (nSPS) is 14.9. The number of nitrogens with two attached hydrogens (primary N) is 2. The molecule has 0 aliphatic heterocycles. The Morgan fingerprint density at radius 1 is 1.23 bits per heavy atom. The number of esters is 1. The van der Waals surface area contributed by atoms with Gasteiger partial charge in [-0.25, -0.2) is 32.9 Å². The number of aliphatic hydroxyl groups is 1. The molecule has 1 atom stereocenters. The van der Waals surface area contributed by atoms with Crippen LogP contribution in [0.2, 0.25) is 0 Å². The van der Waals surface area contributed by atoms with E-state index >= 15 is 0 Å². The molecule has 1 aliphatic carbocycles. The van der Waals surface area contributed by atoms with Crippen molar-refractivity contribution in [3.05, 3.63) is 81.4 Å². The van der Waals surface area contributed by atoms with E-state index in [1.165, 1.54) is 55.5 Å². The van der Waals surface area contributed by atoms with E-state index in [0.717, 1.165) is 12.8 Å². The molecule has 43 heavy (non-hydrogen) atoms. The van der Waals surface area contributed by atoms with Crippen LogP contribution in [0.15, 0.2) is 57.2 Å². The maximum Gasteiger partial charge on any atom is 0.357 e. The van der Waals surface area contributed by atoms with Crippen LogP contribution in [-0.2, 0) is 22.1 Å². The first-order valence-electron chi connectivity index (χ1n) is 13.5. The van der Waals surface area contributed by atoms with Gasteiger partial charge in [0.25, 0.3) is 0 Å². The molecule has 1 unspecified atom stereocenters. The summed E-state index contributed by atoms with van der Waals surface area (Å²) < 4.78 is 46.2. The number of carbonyl (C=O) groups is 1. The van der Waals surface area contributed by atoms with Crippen LogP contribution < -0.4 is 10.9 Å². The molecular weight excluding hydrogens is 594 g/mol. The summed E-state index contributed by atoms with van der Waals surface area (Å²) in [6, 6.07) is 8.46. The van der Waals surface area contributed by atoms with Crippen LogP contribution in [0.25, 0.3) is 5.70 Å². The van der Waals surface area contributed by atoms with Crippen LogP contribution in [-0.4, -0.2) is 38.2 Å². The Labute approximate surface area is 255 Å². The van der Waals surface area contributed by atoms with Gasteiger partial charge in [-0.15, -0.1) is 11.3 Å². The lowest BCUT2D eigenvalue weighted by atomic mass is 9.92. The zero-order valence-electron chi connectivity index (χ0n) is 23.9. The molecule has 1 heterocycles. The lowest BCUT2D eigenvalue weighted by Crippen LogP contribution is -2.15. The van der Waals surface area contributed by atoms with Gasteiger partial charge in [-0.2, -0.15) is 0 Å². The van der Waals surface area contributed by atoms with E-state index in [0.29, 0.717) is 39.9 Å². The van der Waals surface area contributed by atoms with Gasteiger partial charge in [0.1, 0.15) is 28.2 Å². The monoisotopic (exact) mass is 626 g/mol. The molecule has 0 spiro atoms. The number of hydrogen-bond acceptors (Lipinski definition) is 8. The average molecular weight is 627 g/mol. The van der Waals surface area contributed by atoms with E-state index in [9.17, 15) is 22.9 Å². The average Bonchev–Trinajstić information content (AvgIpc) is 3.63. The zero-order chi connectivity index (χ0) is 31.3. The van der Waals surface area contributed by atoms with Gasteiger partial charge in [-0.1, -0.05) is 17.9 Å². The lowest BCUT2D eigenvalue weighted by molar-refractivity contribution is 0.0520. The van der Waals surface area contributed by atoms with Crippen LogP contribution >= 0.6 is 11.3 Å². The van der Waals surface area contributed by atoms with Gasteiger partial charge >= 0.3 is 5.97 Å². The molecule has 8 nitrogen and oxygen atoms in total. The smallest absolute Gasteiger partial charge is 0.357 e. The van der Waals surface area contributed by atoms with Crippen LogP contribution in [0, 0.1) is 29.4 Å². The van der Waals surface area contributed by atoms with Crippen molar-refractivity contribution in [3.63, 3.8) is 0 Å². The second kappa shape index (κ2) is 13.7. The highest BCUT2D eigenvalue weighted by Gasteiger charge is 2.27. The Hall–Kier alpha value is -3.76. The Morgan fingerprint density at radius 3 is 2.60 bits per heavy atom. The van der Waals surface area contributed by atoms with Crippen molar-refractivity contribution in [2.24, 2.45) is 21.8 Å². The first kappa shape index (κ1) is 32.2. The van der Waals surface area contributed by atoms with Gasteiger partial charge in [0.2, 0.25) is 5.13 Å². The summed E-state index contributed by atoms with van der Waals surface area (Å²) in [6.07, 6.45) is 2.67. The summed E-state index contributed by atoms with van der Waals surface area (Å²) in [5, 5.41) is 17.3. The standard InChI is InChI=1S/C31H32F2N4O4S2/c1-4-41-29(38)26-17-42-30(37-26)36-25(15-18-5-6-18)22(13-19-7-10-27(43(35)40)24(33)14-19)28(34)21-8-9-23(32)20(16-21)11-12-31(2,3)39/h7-10,14,16-18,39H,4-6,13,15,34-35H2,1-3H3/b28-22-,36-25+. The first-order chi connectivity index (χ1) is 20.3. The van der Waals surface area contributed by atoms with Crippen LogP contribution in [0.1, 0.15) is 67.2 Å². The van der Waals surface area contributed by atoms with Crippen LogP contribution in [0.3, 0.4) is 0 Å². The number of halogens is 2. The third-order valence-electron chi connectivity index (χ3n) is 6.43. The number of thiazole rings is 1. The van der Waals surface area contributed by atoms with Crippen molar-refractivity contribution in [2.75, 3.05) is 6.61 Å². The van der Waals surface area contributed by atoms with Gasteiger partial charge in [-0.3, -0.25) is 0 Å². The number of carbonyl (C=O) groups excluding carboxylic acids is 1. The van der Waals surface area contributed by atoms with Crippen molar-refractivity contribution >= 4 is 44.8 Å². The fourth-order valence-corrected chi connectivity index (χ4v) is 5.25. The molecule has 0 radical (unpaired) electrons. The molecule has 0 amide bonds. The van der Waals surface area contributed by atoms with E-state index in [4.69, 9.17) is 20.6 Å². The molecule has 0 bridgehead atoms. The number of hydrogen-bond donors (Lipinski definition) is 3. The number of allylic oxidation sites excluding steroid dienone is 1. The topological polar surface area (TPSA) is 141 Å². The second-order valence-electron chi connectivity index (χ2n) is 10.6. The quantitative estimate of drug-likeness (QED) is 0.161. The van der Waals surface area contributed by atoms with E-state index < -0.39 is 34.2 Å². The fraction of sp³-hybridized carbons (Fsp3) is 0.323. The Bertz CT molecular complexity index is 1680. The van der Waals surface area contributed by atoms with Gasteiger partial charge in [0.15, 0.2) is 5.69 Å². The summed E-state index contributed by atoms with van der Waals surface area (Å²) in [4.78, 5) is 21.2. The van der Waals surface area contributed by atoms with E-state index in [1.807, 2.05) is 0 Å². The summed E-state index contributed by atoms with van der Waals surface area (Å²) in [5.74, 6) is 3.77. The SMILES string of the molecule is CCOC(=O)c1csc(/N=C(CC2CC2)/C(Cc2ccc(S(N)=O)c(F)c2)=C(\N)c2ccc(F)c(C#CC(C)(C)O)c2)n1. The zero-order valence-corrected chi connectivity index (χ0v) is 25.6. The minimum atomic E-state index is -2.00. The molecule has 1 saturated carbocycles. The predicted molar refractivity (Wildman–Crippen MR) is 164 cm³/mol. The highest BCUT2D eigenvalue weighted by molar-refractivity contribution is 7.82. The minimum absolute atomic E-state index is 0.0439. The van der Waals surface area contributed by atoms with Gasteiger partial charge < -0.3 is 15.6 Å². The molecule has 3 aromatic rings. The Kier molecular flexibility index (Phi) is 10.2. The Morgan fingerprint density at radius 2 is 1.98 bits per heavy atom. The van der Waals surface area contributed by atoms with Crippen molar-refractivity contribution in [1.29, 1.82) is 0 Å². The highest BCUT2D eigenvalue weighted by atomic mass is 32.2. The molecule has 12 heteroatoms. The van der Waals surface area contributed by atoms with Gasteiger partial charge in [0, 0.05) is 28.8 Å². The fourth-order valence-electron chi connectivity index (χ4n) is 4.12. The summed E-state index contributed by atoms with van der Waals surface area (Å²) in [5.41, 5.74) is 7.99. The van der Waals surface area contributed by atoms with Gasteiger partial charge in [0.05, 0.1) is 17.1 Å². The predicted octanol–water partition coefficient (Wildman–Crippen LogP) is 5.19. The molecular formula is C31H32F2N4O4S2. The van der Waals surface area contributed by atoms with Crippen molar-refractivity contribution in [2.45, 2.75) is 57.0 Å². The second-order valence-corrected chi connectivity index (χ2v) is 12.4.